The van der Waals surface area contributed by atoms with Crippen molar-refractivity contribution >= 4 is 5.69 Å². The summed E-state index contributed by atoms with van der Waals surface area (Å²) in [6.07, 6.45) is 6.65. The topological polar surface area (TPSA) is 24.5 Å². The van der Waals surface area contributed by atoms with Crippen molar-refractivity contribution in [1.82, 2.24) is 5.32 Å². The van der Waals surface area contributed by atoms with Gasteiger partial charge in [0.15, 0.2) is 0 Å². The van der Waals surface area contributed by atoms with Gasteiger partial charge in [-0.05, 0) is 56.5 Å². The molecule has 3 rings (SSSR count). The Hall–Kier alpha value is -1.22. The zero-order valence-corrected chi connectivity index (χ0v) is 12.7. The van der Waals surface area contributed by atoms with E-state index in [9.17, 15) is 0 Å². The summed E-state index contributed by atoms with van der Waals surface area (Å²) < 4.78 is 5.37. The van der Waals surface area contributed by atoms with Crippen LogP contribution in [0.3, 0.4) is 0 Å². The molecule has 20 heavy (non-hydrogen) atoms. The van der Waals surface area contributed by atoms with E-state index in [0.717, 1.165) is 25.4 Å². The molecule has 1 aromatic rings. The standard InChI is InChI=1S/C17H26N2O/c1-14-12-15(6-7-16(14)20-2)19-11-5-10-18-17(13-19)8-3-4-9-17/h6-7,12,18H,3-5,8-11,13H2,1-2H3. The zero-order valence-electron chi connectivity index (χ0n) is 12.7. The summed E-state index contributed by atoms with van der Waals surface area (Å²) in [6, 6.07) is 6.58. The quantitative estimate of drug-likeness (QED) is 0.897. The molecular weight excluding hydrogens is 248 g/mol. The van der Waals surface area contributed by atoms with Crippen molar-refractivity contribution in [1.29, 1.82) is 0 Å². The lowest BCUT2D eigenvalue weighted by Crippen LogP contribution is -2.49. The van der Waals surface area contributed by atoms with Crippen LogP contribution in [0.25, 0.3) is 0 Å². The van der Waals surface area contributed by atoms with Crippen molar-refractivity contribution in [3.63, 3.8) is 0 Å². The molecule has 0 unspecified atom stereocenters. The van der Waals surface area contributed by atoms with Gasteiger partial charge in [-0.3, -0.25) is 0 Å². The Balaban J connectivity index is 1.82. The van der Waals surface area contributed by atoms with Crippen molar-refractivity contribution in [3.8, 4) is 5.75 Å². The first-order valence-corrected chi connectivity index (χ1v) is 7.87. The van der Waals surface area contributed by atoms with E-state index >= 15 is 0 Å². The van der Waals surface area contributed by atoms with Gasteiger partial charge in [-0.15, -0.1) is 0 Å². The number of nitrogens with one attached hydrogen (secondary N) is 1. The fourth-order valence-corrected chi connectivity index (χ4v) is 3.79. The van der Waals surface area contributed by atoms with Gasteiger partial charge in [0, 0.05) is 24.3 Å². The van der Waals surface area contributed by atoms with E-state index in [1.807, 2.05) is 0 Å². The number of hydrogen-bond acceptors (Lipinski definition) is 3. The third-order valence-corrected chi connectivity index (χ3v) is 4.90. The molecule has 3 heteroatoms. The molecule has 1 saturated heterocycles. The predicted octanol–water partition coefficient (Wildman–Crippen LogP) is 3.12. The largest absolute Gasteiger partial charge is 0.496 e. The highest BCUT2D eigenvalue weighted by molar-refractivity contribution is 5.53. The van der Waals surface area contributed by atoms with E-state index in [-0.39, 0.29) is 0 Å². The highest BCUT2D eigenvalue weighted by Crippen LogP contribution is 2.34. The molecule has 3 nitrogen and oxygen atoms in total. The van der Waals surface area contributed by atoms with E-state index in [4.69, 9.17) is 4.74 Å². The first kappa shape index (κ1) is 13.7. The third-order valence-electron chi connectivity index (χ3n) is 4.90. The van der Waals surface area contributed by atoms with Crippen LogP contribution in [0, 0.1) is 6.92 Å². The second kappa shape index (κ2) is 5.65. The number of anilines is 1. The average molecular weight is 274 g/mol. The molecule has 1 aromatic carbocycles. The minimum atomic E-state index is 0.365. The Bertz CT molecular complexity index is 466. The molecule has 1 saturated carbocycles. The fraction of sp³-hybridized carbons (Fsp3) is 0.647. The molecule has 110 valence electrons. The maximum absolute atomic E-state index is 5.37. The minimum Gasteiger partial charge on any atom is -0.496 e. The third kappa shape index (κ3) is 2.64. The van der Waals surface area contributed by atoms with Gasteiger partial charge in [-0.2, -0.15) is 0 Å². The molecule has 0 radical (unpaired) electrons. The smallest absolute Gasteiger partial charge is 0.121 e. The van der Waals surface area contributed by atoms with E-state index < -0.39 is 0 Å². The molecule has 1 spiro atoms. The Labute approximate surface area is 122 Å². The zero-order chi connectivity index (χ0) is 14.0. The van der Waals surface area contributed by atoms with Gasteiger partial charge in [0.2, 0.25) is 0 Å². The molecule has 1 aliphatic heterocycles. The Morgan fingerprint density at radius 1 is 1.20 bits per heavy atom. The van der Waals surface area contributed by atoms with E-state index in [1.54, 1.807) is 7.11 Å². The molecule has 0 aromatic heterocycles. The molecule has 0 atom stereocenters. The molecule has 0 amide bonds. The Kier molecular flexibility index (Phi) is 3.88. The summed E-state index contributed by atoms with van der Waals surface area (Å²) in [6.45, 7) is 5.59. The summed E-state index contributed by atoms with van der Waals surface area (Å²) in [5, 5.41) is 3.83. The van der Waals surface area contributed by atoms with Gasteiger partial charge in [-0.25, -0.2) is 0 Å². The van der Waals surface area contributed by atoms with Crippen molar-refractivity contribution in [3.05, 3.63) is 23.8 Å². The summed E-state index contributed by atoms with van der Waals surface area (Å²) >= 11 is 0. The SMILES string of the molecule is COc1ccc(N2CCCNC3(CCCC3)C2)cc1C. The number of ether oxygens (including phenoxy) is 1. The van der Waals surface area contributed by atoms with Crippen molar-refractivity contribution < 1.29 is 4.74 Å². The fourth-order valence-electron chi connectivity index (χ4n) is 3.79. The van der Waals surface area contributed by atoms with Crippen LogP contribution in [0.5, 0.6) is 5.75 Å². The lowest BCUT2D eigenvalue weighted by atomic mass is 9.97. The lowest BCUT2D eigenvalue weighted by molar-refractivity contribution is 0.354. The molecule has 1 N–H and O–H groups in total. The first-order chi connectivity index (χ1) is 9.72. The van der Waals surface area contributed by atoms with Crippen molar-refractivity contribution in [2.24, 2.45) is 0 Å². The summed E-state index contributed by atoms with van der Waals surface area (Å²) in [5.74, 6) is 0.984. The Morgan fingerprint density at radius 3 is 2.70 bits per heavy atom. The number of rotatable bonds is 2. The number of aryl methyl sites for hydroxylation is 1. The van der Waals surface area contributed by atoms with E-state index in [0.29, 0.717) is 5.54 Å². The molecule has 2 fully saturated rings. The second-order valence-electron chi connectivity index (χ2n) is 6.34. The molecule has 2 aliphatic rings. The summed E-state index contributed by atoms with van der Waals surface area (Å²) in [7, 11) is 1.74. The van der Waals surface area contributed by atoms with Gasteiger partial charge in [0.05, 0.1) is 7.11 Å². The lowest BCUT2D eigenvalue weighted by Gasteiger charge is -2.34. The van der Waals surface area contributed by atoms with Crippen LogP contribution in [0.4, 0.5) is 5.69 Å². The van der Waals surface area contributed by atoms with E-state index in [2.05, 4.69) is 35.3 Å². The number of methoxy groups -OCH3 is 1. The van der Waals surface area contributed by atoms with Gasteiger partial charge >= 0.3 is 0 Å². The monoisotopic (exact) mass is 274 g/mol. The van der Waals surface area contributed by atoms with Crippen LogP contribution >= 0.6 is 0 Å². The number of hydrogen-bond donors (Lipinski definition) is 1. The summed E-state index contributed by atoms with van der Waals surface area (Å²) in [5.41, 5.74) is 2.94. The second-order valence-corrected chi connectivity index (χ2v) is 6.34. The molecular formula is C17H26N2O. The van der Waals surface area contributed by atoms with Crippen LogP contribution < -0.4 is 15.0 Å². The van der Waals surface area contributed by atoms with Crippen LogP contribution in [0.15, 0.2) is 18.2 Å². The van der Waals surface area contributed by atoms with Gasteiger partial charge in [0.1, 0.15) is 5.75 Å². The van der Waals surface area contributed by atoms with Crippen LogP contribution in [-0.2, 0) is 0 Å². The normalized spacial score (nSPS) is 22.0. The van der Waals surface area contributed by atoms with Gasteiger partial charge in [-0.1, -0.05) is 12.8 Å². The van der Waals surface area contributed by atoms with E-state index in [1.165, 1.54) is 43.4 Å². The van der Waals surface area contributed by atoms with Crippen molar-refractivity contribution in [2.75, 3.05) is 31.6 Å². The maximum Gasteiger partial charge on any atom is 0.121 e. The van der Waals surface area contributed by atoms with Gasteiger partial charge < -0.3 is 15.0 Å². The van der Waals surface area contributed by atoms with Crippen molar-refractivity contribution in [2.45, 2.75) is 44.6 Å². The van der Waals surface area contributed by atoms with Crippen LogP contribution in [0.2, 0.25) is 0 Å². The molecule has 1 aliphatic carbocycles. The minimum absolute atomic E-state index is 0.365. The number of nitrogens with zero attached hydrogens (tertiary/aromatic N) is 1. The summed E-state index contributed by atoms with van der Waals surface area (Å²) in [4.78, 5) is 2.57. The highest BCUT2D eigenvalue weighted by Gasteiger charge is 2.36. The Morgan fingerprint density at radius 2 is 2.00 bits per heavy atom. The number of benzene rings is 1. The molecule has 0 bridgehead atoms. The predicted molar refractivity (Wildman–Crippen MR) is 83.8 cm³/mol. The van der Waals surface area contributed by atoms with Crippen LogP contribution in [0.1, 0.15) is 37.7 Å². The first-order valence-electron chi connectivity index (χ1n) is 7.87. The highest BCUT2D eigenvalue weighted by atomic mass is 16.5. The van der Waals surface area contributed by atoms with Gasteiger partial charge in [0.25, 0.3) is 0 Å². The van der Waals surface area contributed by atoms with Crippen LogP contribution in [-0.4, -0.2) is 32.3 Å². The average Bonchev–Trinajstić information content (AvgIpc) is 2.79. The molecule has 1 heterocycles. The maximum atomic E-state index is 5.37.